The highest BCUT2D eigenvalue weighted by Gasteiger charge is 2.16. The number of aromatic carboxylic acids is 1. The molecule has 0 aliphatic heterocycles. The Hall–Kier alpha value is -1.29. The lowest BCUT2D eigenvalue weighted by Gasteiger charge is -2.22. The second kappa shape index (κ2) is 6.05. The Balaban J connectivity index is 2.03. The summed E-state index contributed by atoms with van der Waals surface area (Å²) in [7, 11) is 0. The van der Waals surface area contributed by atoms with Crippen molar-refractivity contribution in [2.75, 3.05) is 11.9 Å². The second-order valence-electron chi connectivity index (χ2n) is 4.72. The lowest BCUT2D eigenvalue weighted by molar-refractivity contribution is 0.0697. The van der Waals surface area contributed by atoms with Crippen molar-refractivity contribution in [2.24, 2.45) is 5.92 Å². The zero-order valence-corrected chi connectivity index (χ0v) is 10.9. The van der Waals surface area contributed by atoms with Crippen LogP contribution in [0.15, 0.2) is 12.1 Å². The van der Waals surface area contributed by atoms with Crippen LogP contribution in [0.3, 0.4) is 0 Å². The van der Waals surface area contributed by atoms with Crippen LogP contribution in [0.25, 0.3) is 0 Å². The number of carboxylic acid groups (broad SMARTS) is 1. The van der Waals surface area contributed by atoms with Crippen LogP contribution in [0.4, 0.5) is 5.82 Å². The predicted molar refractivity (Wildman–Crippen MR) is 71.3 cm³/mol. The van der Waals surface area contributed by atoms with Crippen molar-refractivity contribution in [3.8, 4) is 0 Å². The van der Waals surface area contributed by atoms with Crippen molar-refractivity contribution in [1.29, 1.82) is 0 Å². The maximum atomic E-state index is 11.1. The summed E-state index contributed by atoms with van der Waals surface area (Å²) < 4.78 is 0. The summed E-state index contributed by atoms with van der Waals surface area (Å²) in [6, 6.07) is 2.98. The van der Waals surface area contributed by atoms with Gasteiger partial charge in [-0.3, -0.25) is 0 Å². The van der Waals surface area contributed by atoms with Crippen LogP contribution < -0.4 is 5.32 Å². The minimum Gasteiger partial charge on any atom is -0.478 e. The van der Waals surface area contributed by atoms with Gasteiger partial charge in [-0.15, -0.1) is 0 Å². The normalized spacial score (nSPS) is 16.5. The molecule has 4 nitrogen and oxygen atoms in total. The molecule has 1 heterocycles. The van der Waals surface area contributed by atoms with Crippen molar-refractivity contribution < 1.29 is 9.90 Å². The number of nitrogens with zero attached hydrogens (tertiary/aromatic N) is 1. The third-order valence-electron chi connectivity index (χ3n) is 3.37. The van der Waals surface area contributed by atoms with Crippen molar-refractivity contribution in [3.63, 3.8) is 0 Å². The maximum absolute atomic E-state index is 11.1. The fraction of sp³-hybridized carbons (Fsp3) is 0.538. The molecule has 0 amide bonds. The third kappa shape index (κ3) is 3.35. The number of hydrogen-bond acceptors (Lipinski definition) is 3. The van der Waals surface area contributed by atoms with Crippen LogP contribution in [0, 0.1) is 5.92 Å². The zero-order valence-electron chi connectivity index (χ0n) is 10.2. The minimum atomic E-state index is -0.981. The number of hydrogen-bond donors (Lipinski definition) is 2. The summed E-state index contributed by atoms with van der Waals surface area (Å²) in [4.78, 5) is 15.1. The first-order valence-electron chi connectivity index (χ1n) is 6.30. The van der Waals surface area contributed by atoms with E-state index in [4.69, 9.17) is 16.7 Å². The molecule has 0 bridgehead atoms. The summed E-state index contributed by atoms with van der Waals surface area (Å²) in [6.07, 6.45) is 6.25. The van der Waals surface area contributed by atoms with Crippen molar-refractivity contribution in [1.82, 2.24) is 4.98 Å². The molecule has 18 heavy (non-hydrogen) atoms. The molecule has 0 radical (unpaired) electrons. The molecule has 1 aromatic heterocycles. The maximum Gasteiger partial charge on any atom is 0.339 e. The molecular weight excluding hydrogens is 252 g/mol. The van der Waals surface area contributed by atoms with Gasteiger partial charge in [-0.2, -0.15) is 0 Å². The van der Waals surface area contributed by atoms with Crippen molar-refractivity contribution in [3.05, 3.63) is 22.8 Å². The molecule has 0 aromatic carbocycles. The lowest BCUT2D eigenvalue weighted by Crippen LogP contribution is -2.19. The van der Waals surface area contributed by atoms with E-state index in [1.54, 1.807) is 0 Å². The molecule has 1 aromatic rings. The number of carbonyl (C=O) groups is 1. The molecule has 2 rings (SSSR count). The van der Waals surface area contributed by atoms with Crippen LogP contribution in [-0.2, 0) is 0 Å². The molecule has 0 spiro atoms. The molecule has 98 valence electrons. The van der Waals surface area contributed by atoms with Gasteiger partial charge < -0.3 is 10.4 Å². The first-order valence-corrected chi connectivity index (χ1v) is 6.68. The van der Waals surface area contributed by atoms with Crippen molar-refractivity contribution in [2.45, 2.75) is 32.1 Å². The van der Waals surface area contributed by atoms with Gasteiger partial charge in [0.2, 0.25) is 0 Å². The number of halogens is 1. The van der Waals surface area contributed by atoms with E-state index in [2.05, 4.69) is 10.3 Å². The number of carboxylic acids is 1. The summed E-state index contributed by atoms with van der Waals surface area (Å²) in [5, 5.41) is 12.5. The third-order valence-corrected chi connectivity index (χ3v) is 3.59. The summed E-state index contributed by atoms with van der Waals surface area (Å²) in [5.41, 5.74) is 0.176. The smallest absolute Gasteiger partial charge is 0.339 e. The fourth-order valence-corrected chi connectivity index (χ4v) is 2.52. The quantitative estimate of drug-likeness (QED) is 0.822. The Morgan fingerprint density at radius 3 is 2.78 bits per heavy atom. The standard InChI is InChI=1S/C13H17ClN2O2/c14-11-7-6-10(13(17)18)12(16-11)15-8-9-4-2-1-3-5-9/h6-7,9H,1-5,8H2,(H,15,16)(H,17,18). The van der Waals surface area contributed by atoms with E-state index < -0.39 is 5.97 Å². The topological polar surface area (TPSA) is 62.2 Å². The van der Waals surface area contributed by atoms with Gasteiger partial charge in [0.05, 0.1) is 0 Å². The molecule has 0 saturated heterocycles. The molecule has 0 atom stereocenters. The molecular formula is C13H17ClN2O2. The van der Waals surface area contributed by atoms with Gasteiger partial charge in [0.25, 0.3) is 0 Å². The van der Waals surface area contributed by atoms with Gasteiger partial charge in [0.1, 0.15) is 16.5 Å². The molecule has 1 fully saturated rings. The summed E-state index contributed by atoms with van der Waals surface area (Å²) in [5.74, 6) is 0.00654. The van der Waals surface area contributed by atoms with Gasteiger partial charge >= 0.3 is 5.97 Å². The van der Waals surface area contributed by atoms with Gasteiger partial charge in [-0.25, -0.2) is 9.78 Å². The van der Waals surface area contributed by atoms with E-state index in [1.165, 1.54) is 44.2 Å². The van der Waals surface area contributed by atoms with Crippen LogP contribution in [0.1, 0.15) is 42.5 Å². The summed E-state index contributed by atoms with van der Waals surface area (Å²) in [6.45, 7) is 0.771. The second-order valence-corrected chi connectivity index (χ2v) is 5.11. The van der Waals surface area contributed by atoms with Crippen LogP contribution in [-0.4, -0.2) is 22.6 Å². The monoisotopic (exact) mass is 268 g/mol. The molecule has 5 heteroatoms. The molecule has 2 N–H and O–H groups in total. The van der Waals surface area contributed by atoms with E-state index in [0.717, 1.165) is 6.54 Å². The van der Waals surface area contributed by atoms with Crippen LogP contribution in [0.5, 0.6) is 0 Å². The van der Waals surface area contributed by atoms with E-state index in [1.807, 2.05) is 0 Å². The average molecular weight is 269 g/mol. The highest BCUT2D eigenvalue weighted by atomic mass is 35.5. The number of nitrogens with one attached hydrogen (secondary N) is 1. The SMILES string of the molecule is O=C(O)c1ccc(Cl)nc1NCC1CCCCC1. The molecule has 1 aliphatic carbocycles. The number of pyridine rings is 1. The predicted octanol–water partition coefficient (Wildman–Crippen LogP) is 3.43. The van der Waals surface area contributed by atoms with E-state index in [-0.39, 0.29) is 5.56 Å². The Bertz CT molecular complexity index is 431. The average Bonchev–Trinajstić information content (AvgIpc) is 2.37. The highest BCUT2D eigenvalue weighted by molar-refractivity contribution is 6.29. The number of anilines is 1. The fourth-order valence-electron chi connectivity index (χ4n) is 2.37. The minimum absolute atomic E-state index is 0.176. The first-order chi connectivity index (χ1) is 8.66. The Kier molecular flexibility index (Phi) is 4.42. The zero-order chi connectivity index (χ0) is 13.0. The van der Waals surface area contributed by atoms with E-state index in [0.29, 0.717) is 16.9 Å². The number of aromatic nitrogens is 1. The molecule has 1 saturated carbocycles. The van der Waals surface area contributed by atoms with E-state index in [9.17, 15) is 4.79 Å². The Labute approximate surface area is 111 Å². The number of rotatable bonds is 4. The highest BCUT2D eigenvalue weighted by Crippen LogP contribution is 2.24. The first kappa shape index (κ1) is 13.1. The lowest BCUT2D eigenvalue weighted by atomic mass is 9.89. The Morgan fingerprint density at radius 2 is 2.11 bits per heavy atom. The molecule has 0 unspecified atom stereocenters. The Morgan fingerprint density at radius 1 is 1.39 bits per heavy atom. The van der Waals surface area contributed by atoms with E-state index >= 15 is 0 Å². The summed E-state index contributed by atoms with van der Waals surface area (Å²) >= 11 is 5.80. The van der Waals surface area contributed by atoms with Crippen LogP contribution >= 0.6 is 11.6 Å². The van der Waals surface area contributed by atoms with Crippen molar-refractivity contribution >= 4 is 23.4 Å². The van der Waals surface area contributed by atoms with Crippen LogP contribution in [0.2, 0.25) is 5.15 Å². The largest absolute Gasteiger partial charge is 0.478 e. The van der Waals surface area contributed by atoms with Gasteiger partial charge in [0, 0.05) is 6.54 Å². The van der Waals surface area contributed by atoms with Gasteiger partial charge in [0.15, 0.2) is 0 Å². The van der Waals surface area contributed by atoms with Gasteiger partial charge in [-0.1, -0.05) is 30.9 Å². The van der Waals surface area contributed by atoms with Gasteiger partial charge in [-0.05, 0) is 30.9 Å². The molecule has 1 aliphatic rings.